The summed E-state index contributed by atoms with van der Waals surface area (Å²) < 4.78 is 1.49. The molecule has 136 valence electrons. The Morgan fingerprint density at radius 2 is 1.72 bits per heavy atom. The van der Waals surface area contributed by atoms with Crippen LogP contribution in [0.25, 0.3) is 0 Å². The predicted molar refractivity (Wildman–Crippen MR) is 107 cm³/mol. The van der Waals surface area contributed by atoms with Crippen molar-refractivity contribution in [3.05, 3.63) is 35.5 Å². The number of nitrogens with zero attached hydrogens (tertiary/aromatic N) is 3. The third kappa shape index (κ3) is 4.42. The van der Waals surface area contributed by atoms with Crippen LogP contribution in [-0.2, 0) is 12.8 Å². The van der Waals surface area contributed by atoms with E-state index in [1.54, 1.807) is 28.4 Å². The summed E-state index contributed by atoms with van der Waals surface area (Å²) in [5.41, 5.74) is 2.67. The molecule has 2 rings (SSSR count). The van der Waals surface area contributed by atoms with Crippen molar-refractivity contribution in [1.29, 1.82) is 0 Å². The van der Waals surface area contributed by atoms with Crippen molar-refractivity contribution in [1.82, 2.24) is 14.7 Å². The van der Waals surface area contributed by atoms with Crippen molar-refractivity contribution in [2.45, 2.75) is 55.4 Å². The van der Waals surface area contributed by atoms with E-state index in [4.69, 9.17) is 0 Å². The van der Waals surface area contributed by atoms with Gasteiger partial charge in [-0.15, -0.1) is 11.8 Å². The lowest BCUT2D eigenvalue weighted by atomic mass is 10.1. The summed E-state index contributed by atoms with van der Waals surface area (Å²) in [5, 5.41) is 5.52. The van der Waals surface area contributed by atoms with Crippen molar-refractivity contribution in [2.75, 3.05) is 19.3 Å². The lowest BCUT2D eigenvalue weighted by Gasteiger charge is -2.17. The Morgan fingerprint density at radius 3 is 2.20 bits per heavy atom. The Morgan fingerprint density at radius 1 is 1.12 bits per heavy atom. The van der Waals surface area contributed by atoms with E-state index < -0.39 is 0 Å². The van der Waals surface area contributed by atoms with E-state index >= 15 is 0 Å². The van der Waals surface area contributed by atoms with Crippen LogP contribution in [0.5, 0.6) is 0 Å². The second kappa shape index (κ2) is 9.34. The molecule has 0 fully saturated rings. The van der Waals surface area contributed by atoms with Crippen molar-refractivity contribution < 1.29 is 4.79 Å². The van der Waals surface area contributed by atoms with E-state index in [2.05, 4.69) is 37.1 Å². The highest BCUT2D eigenvalue weighted by molar-refractivity contribution is 8.02. The van der Waals surface area contributed by atoms with Gasteiger partial charge in [0.25, 0.3) is 0 Å². The van der Waals surface area contributed by atoms with Crippen molar-refractivity contribution >= 4 is 29.6 Å². The summed E-state index contributed by atoms with van der Waals surface area (Å²) >= 11 is 3.31. The minimum Gasteiger partial charge on any atom is -0.323 e. The molecule has 1 aromatic carbocycles. The SMILES string of the molecule is CCc1cccc(CC)c1Sc1nn(C(=O)N(CC)CC)cc1SC. The Hall–Kier alpha value is -1.40. The summed E-state index contributed by atoms with van der Waals surface area (Å²) in [6.07, 6.45) is 5.86. The number of carbonyl (C=O) groups is 1. The highest BCUT2D eigenvalue weighted by atomic mass is 32.2. The van der Waals surface area contributed by atoms with Gasteiger partial charge in [0.15, 0.2) is 0 Å². The topological polar surface area (TPSA) is 38.1 Å². The van der Waals surface area contributed by atoms with E-state index in [1.165, 1.54) is 20.7 Å². The first-order chi connectivity index (χ1) is 12.1. The first-order valence-electron chi connectivity index (χ1n) is 8.80. The lowest BCUT2D eigenvalue weighted by molar-refractivity contribution is 0.201. The van der Waals surface area contributed by atoms with Gasteiger partial charge in [0.05, 0.1) is 11.1 Å². The second-order valence-corrected chi connectivity index (χ2v) is 7.46. The maximum Gasteiger partial charge on any atom is 0.344 e. The maximum atomic E-state index is 12.6. The fourth-order valence-corrected chi connectivity index (χ4v) is 4.67. The molecule has 0 aliphatic carbocycles. The normalized spacial score (nSPS) is 10.9. The number of aromatic nitrogens is 2. The summed E-state index contributed by atoms with van der Waals surface area (Å²) in [4.78, 5) is 16.7. The third-order valence-corrected chi connectivity index (χ3v) is 6.33. The summed E-state index contributed by atoms with van der Waals surface area (Å²) in [6, 6.07) is 6.42. The Kier molecular flexibility index (Phi) is 7.44. The van der Waals surface area contributed by atoms with Crippen LogP contribution in [0.15, 0.2) is 39.2 Å². The monoisotopic (exact) mass is 377 g/mol. The van der Waals surface area contributed by atoms with Crippen LogP contribution >= 0.6 is 23.5 Å². The van der Waals surface area contributed by atoms with Crippen LogP contribution in [0, 0.1) is 0 Å². The van der Waals surface area contributed by atoms with Crippen LogP contribution in [0.2, 0.25) is 0 Å². The number of rotatable bonds is 7. The van der Waals surface area contributed by atoms with E-state index in [9.17, 15) is 4.79 Å². The average molecular weight is 378 g/mol. The fourth-order valence-electron chi connectivity index (χ4n) is 2.71. The minimum atomic E-state index is -0.0633. The molecule has 1 amide bonds. The van der Waals surface area contributed by atoms with Crippen molar-refractivity contribution in [3.8, 4) is 0 Å². The lowest BCUT2D eigenvalue weighted by Crippen LogP contribution is -2.34. The second-order valence-electron chi connectivity index (χ2n) is 5.62. The molecular weight excluding hydrogens is 350 g/mol. The number of thioether (sulfide) groups is 1. The molecule has 2 aromatic rings. The molecule has 4 nitrogen and oxygen atoms in total. The quantitative estimate of drug-likeness (QED) is 0.622. The van der Waals surface area contributed by atoms with Gasteiger partial charge in [0.2, 0.25) is 0 Å². The zero-order valence-corrected chi connectivity index (χ0v) is 17.3. The van der Waals surface area contributed by atoms with Crippen LogP contribution < -0.4 is 0 Å². The zero-order valence-electron chi connectivity index (χ0n) is 15.7. The van der Waals surface area contributed by atoms with E-state index in [1.807, 2.05) is 26.3 Å². The van der Waals surface area contributed by atoms with Gasteiger partial charge in [-0.1, -0.05) is 43.8 Å². The van der Waals surface area contributed by atoms with Gasteiger partial charge in [-0.05, 0) is 44.1 Å². The van der Waals surface area contributed by atoms with Gasteiger partial charge < -0.3 is 4.90 Å². The predicted octanol–water partition coefficient (Wildman–Crippen LogP) is 5.19. The molecule has 0 unspecified atom stereocenters. The van der Waals surface area contributed by atoms with Gasteiger partial charge in [-0.2, -0.15) is 9.78 Å². The molecule has 1 heterocycles. The molecule has 0 spiro atoms. The van der Waals surface area contributed by atoms with Crippen molar-refractivity contribution in [3.63, 3.8) is 0 Å². The van der Waals surface area contributed by atoms with Crippen LogP contribution in [-0.4, -0.2) is 40.1 Å². The molecular formula is C19H27N3OS2. The number of hydrogen-bond donors (Lipinski definition) is 0. The zero-order chi connectivity index (χ0) is 18.4. The molecule has 0 aliphatic rings. The number of amides is 1. The number of aryl methyl sites for hydroxylation is 2. The molecule has 6 heteroatoms. The molecule has 0 saturated carbocycles. The Balaban J connectivity index is 2.40. The molecule has 0 aliphatic heterocycles. The molecule has 0 saturated heterocycles. The van der Waals surface area contributed by atoms with Gasteiger partial charge in [0.1, 0.15) is 5.03 Å². The smallest absolute Gasteiger partial charge is 0.323 e. The van der Waals surface area contributed by atoms with Gasteiger partial charge in [-0.25, -0.2) is 4.79 Å². The van der Waals surface area contributed by atoms with Gasteiger partial charge >= 0.3 is 6.03 Å². The Labute approximate surface area is 159 Å². The molecule has 0 radical (unpaired) electrons. The summed E-state index contributed by atoms with van der Waals surface area (Å²) in [5.74, 6) is 0. The summed E-state index contributed by atoms with van der Waals surface area (Å²) in [7, 11) is 0. The minimum absolute atomic E-state index is 0.0633. The molecule has 0 atom stereocenters. The number of benzene rings is 1. The Bertz CT molecular complexity index is 701. The fraction of sp³-hybridized carbons (Fsp3) is 0.474. The standard InChI is InChI=1S/C19H27N3OS2/c1-6-14-11-10-12-15(7-2)17(14)25-18-16(24-5)13-22(20-18)19(23)21(8-3)9-4/h10-13H,6-9H2,1-5H3. The summed E-state index contributed by atoms with van der Waals surface area (Å²) in [6.45, 7) is 9.70. The van der Waals surface area contributed by atoms with Crippen LogP contribution in [0.4, 0.5) is 4.79 Å². The largest absolute Gasteiger partial charge is 0.344 e. The van der Waals surface area contributed by atoms with E-state index in [0.717, 1.165) is 22.8 Å². The highest BCUT2D eigenvalue weighted by Crippen LogP contribution is 2.37. The van der Waals surface area contributed by atoms with Gasteiger partial charge in [-0.3, -0.25) is 0 Å². The van der Waals surface area contributed by atoms with Crippen molar-refractivity contribution in [2.24, 2.45) is 0 Å². The number of hydrogen-bond acceptors (Lipinski definition) is 4. The number of carbonyl (C=O) groups excluding carboxylic acids is 1. The van der Waals surface area contributed by atoms with Crippen LogP contribution in [0.3, 0.4) is 0 Å². The average Bonchev–Trinajstić information content (AvgIpc) is 3.05. The maximum absolute atomic E-state index is 12.6. The van der Waals surface area contributed by atoms with E-state index in [0.29, 0.717) is 13.1 Å². The molecule has 25 heavy (non-hydrogen) atoms. The molecule has 0 N–H and O–H groups in total. The first-order valence-corrected chi connectivity index (χ1v) is 10.8. The van der Waals surface area contributed by atoms with E-state index in [-0.39, 0.29) is 6.03 Å². The third-order valence-electron chi connectivity index (χ3n) is 4.24. The first kappa shape index (κ1) is 19.9. The highest BCUT2D eigenvalue weighted by Gasteiger charge is 2.19. The van der Waals surface area contributed by atoms with Gasteiger partial charge in [0, 0.05) is 18.0 Å². The molecule has 1 aromatic heterocycles. The van der Waals surface area contributed by atoms with Crippen LogP contribution in [0.1, 0.15) is 38.8 Å². The molecule has 0 bridgehead atoms.